The highest BCUT2D eigenvalue weighted by molar-refractivity contribution is 5.88. The number of hydrogen-bond acceptors (Lipinski definition) is 5. The highest BCUT2D eigenvalue weighted by Gasteiger charge is 2.18. The van der Waals surface area contributed by atoms with Crippen LogP contribution in [-0.2, 0) is 24.2 Å². The third-order valence-corrected chi connectivity index (χ3v) is 3.34. The standard InChI is InChI=1S/C14H21N5O2/c1-5-11-8-12(18(6-2)16-11)9-19-10(4)13(15-17-19)14(20)21-7-3/h8H,5-7,9H2,1-4H3. The zero-order valence-corrected chi connectivity index (χ0v) is 13.0. The molecule has 0 aliphatic rings. The van der Waals surface area contributed by atoms with Gasteiger partial charge in [-0.3, -0.25) is 4.68 Å². The van der Waals surface area contributed by atoms with Gasteiger partial charge in [-0.2, -0.15) is 5.10 Å². The number of rotatable bonds is 6. The van der Waals surface area contributed by atoms with Crippen molar-refractivity contribution in [2.75, 3.05) is 6.61 Å². The molecule has 7 nitrogen and oxygen atoms in total. The van der Waals surface area contributed by atoms with Gasteiger partial charge < -0.3 is 4.74 Å². The van der Waals surface area contributed by atoms with Crippen LogP contribution in [0.25, 0.3) is 0 Å². The predicted molar refractivity (Wildman–Crippen MR) is 77.1 cm³/mol. The minimum atomic E-state index is -0.431. The monoisotopic (exact) mass is 291 g/mol. The Morgan fingerprint density at radius 2 is 2.05 bits per heavy atom. The van der Waals surface area contributed by atoms with Crippen molar-refractivity contribution >= 4 is 5.97 Å². The number of aryl methyl sites for hydroxylation is 2. The van der Waals surface area contributed by atoms with Crippen LogP contribution in [0.3, 0.4) is 0 Å². The molecule has 0 bridgehead atoms. The van der Waals surface area contributed by atoms with Gasteiger partial charge in [-0.05, 0) is 33.3 Å². The van der Waals surface area contributed by atoms with E-state index in [0.29, 0.717) is 18.8 Å². The van der Waals surface area contributed by atoms with Crippen molar-refractivity contribution in [3.05, 3.63) is 28.8 Å². The molecule has 2 aromatic rings. The summed E-state index contributed by atoms with van der Waals surface area (Å²) in [6.45, 7) is 9.38. The molecule has 2 heterocycles. The minimum Gasteiger partial charge on any atom is -0.461 e. The Hall–Kier alpha value is -2.18. The van der Waals surface area contributed by atoms with Gasteiger partial charge in [0, 0.05) is 6.54 Å². The summed E-state index contributed by atoms with van der Waals surface area (Å²) in [4.78, 5) is 11.7. The number of carbonyl (C=O) groups excluding carboxylic acids is 1. The van der Waals surface area contributed by atoms with E-state index >= 15 is 0 Å². The molecule has 0 fully saturated rings. The van der Waals surface area contributed by atoms with E-state index in [1.807, 2.05) is 18.5 Å². The van der Waals surface area contributed by atoms with Crippen molar-refractivity contribution in [2.45, 2.75) is 47.2 Å². The number of hydrogen-bond donors (Lipinski definition) is 0. The van der Waals surface area contributed by atoms with Gasteiger partial charge in [0.1, 0.15) is 0 Å². The van der Waals surface area contributed by atoms with E-state index in [1.165, 1.54) is 0 Å². The van der Waals surface area contributed by atoms with Crippen molar-refractivity contribution in [1.29, 1.82) is 0 Å². The molecule has 0 aliphatic heterocycles. The second kappa shape index (κ2) is 6.51. The maximum Gasteiger partial charge on any atom is 0.360 e. The third kappa shape index (κ3) is 3.12. The lowest BCUT2D eigenvalue weighted by atomic mass is 10.3. The average Bonchev–Trinajstić information content (AvgIpc) is 3.04. The van der Waals surface area contributed by atoms with Gasteiger partial charge in [0.2, 0.25) is 0 Å². The van der Waals surface area contributed by atoms with E-state index in [9.17, 15) is 4.79 Å². The molecule has 0 aliphatic carbocycles. The van der Waals surface area contributed by atoms with Gasteiger partial charge in [-0.25, -0.2) is 9.48 Å². The van der Waals surface area contributed by atoms with Crippen molar-refractivity contribution < 1.29 is 9.53 Å². The molecule has 0 saturated carbocycles. The van der Waals surface area contributed by atoms with Crippen molar-refractivity contribution in [2.24, 2.45) is 0 Å². The van der Waals surface area contributed by atoms with Crippen LogP contribution in [0.2, 0.25) is 0 Å². The lowest BCUT2D eigenvalue weighted by Gasteiger charge is -2.06. The fraction of sp³-hybridized carbons (Fsp3) is 0.571. The van der Waals surface area contributed by atoms with Crippen LogP contribution in [0.1, 0.15) is 48.3 Å². The summed E-state index contributed by atoms with van der Waals surface area (Å²) in [5.41, 5.74) is 3.08. The zero-order valence-electron chi connectivity index (χ0n) is 13.0. The van der Waals surface area contributed by atoms with E-state index in [4.69, 9.17) is 4.74 Å². The topological polar surface area (TPSA) is 74.8 Å². The maximum atomic E-state index is 11.7. The number of carbonyl (C=O) groups is 1. The van der Waals surface area contributed by atoms with E-state index < -0.39 is 5.97 Å². The Balaban J connectivity index is 2.24. The molecule has 7 heteroatoms. The fourth-order valence-electron chi connectivity index (χ4n) is 2.14. The highest BCUT2D eigenvalue weighted by Crippen LogP contribution is 2.11. The fourth-order valence-corrected chi connectivity index (χ4v) is 2.14. The first-order chi connectivity index (χ1) is 10.1. The van der Waals surface area contributed by atoms with Gasteiger partial charge in [0.15, 0.2) is 5.69 Å². The Labute approximate surface area is 123 Å². The van der Waals surface area contributed by atoms with E-state index in [0.717, 1.165) is 24.4 Å². The van der Waals surface area contributed by atoms with Crippen molar-refractivity contribution in [1.82, 2.24) is 24.8 Å². The second-order valence-electron chi connectivity index (χ2n) is 4.70. The zero-order chi connectivity index (χ0) is 15.4. The van der Waals surface area contributed by atoms with Crippen LogP contribution in [0.4, 0.5) is 0 Å². The van der Waals surface area contributed by atoms with E-state index in [1.54, 1.807) is 11.6 Å². The quantitative estimate of drug-likeness (QED) is 0.756. The van der Waals surface area contributed by atoms with Crippen LogP contribution < -0.4 is 0 Å². The molecule has 0 spiro atoms. The SMILES string of the molecule is CCOC(=O)c1nnn(Cc2cc(CC)nn2CC)c1C. The third-order valence-electron chi connectivity index (χ3n) is 3.34. The smallest absolute Gasteiger partial charge is 0.360 e. The predicted octanol–water partition coefficient (Wildman–Crippen LogP) is 1.59. The summed E-state index contributed by atoms with van der Waals surface area (Å²) in [5.74, 6) is -0.431. The molecular formula is C14H21N5O2. The molecule has 2 rings (SSSR count). The Bertz CT molecular complexity index is 629. The van der Waals surface area contributed by atoms with Gasteiger partial charge in [-0.15, -0.1) is 5.10 Å². The Morgan fingerprint density at radius 1 is 1.29 bits per heavy atom. The number of esters is 1. The summed E-state index contributed by atoms with van der Waals surface area (Å²) >= 11 is 0. The maximum absolute atomic E-state index is 11.7. The first-order valence-corrected chi connectivity index (χ1v) is 7.23. The number of ether oxygens (including phenoxy) is 1. The number of aromatic nitrogens is 5. The Kier molecular flexibility index (Phi) is 4.72. The molecule has 0 unspecified atom stereocenters. The summed E-state index contributed by atoms with van der Waals surface area (Å²) in [6, 6.07) is 2.06. The molecule has 21 heavy (non-hydrogen) atoms. The summed E-state index contributed by atoms with van der Waals surface area (Å²) in [5, 5.41) is 12.5. The highest BCUT2D eigenvalue weighted by atomic mass is 16.5. The van der Waals surface area contributed by atoms with Gasteiger partial charge in [-0.1, -0.05) is 12.1 Å². The molecule has 0 saturated heterocycles. The van der Waals surface area contributed by atoms with E-state index in [2.05, 4.69) is 28.4 Å². The summed E-state index contributed by atoms with van der Waals surface area (Å²) in [6.07, 6.45) is 0.893. The van der Waals surface area contributed by atoms with Crippen LogP contribution in [0, 0.1) is 6.92 Å². The van der Waals surface area contributed by atoms with Crippen LogP contribution in [-0.4, -0.2) is 37.4 Å². The average molecular weight is 291 g/mol. The molecule has 0 atom stereocenters. The largest absolute Gasteiger partial charge is 0.461 e. The molecule has 0 N–H and O–H groups in total. The lowest BCUT2D eigenvalue weighted by molar-refractivity contribution is 0.0518. The molecule has 2 aromatic heterocycles. The first-order valence-electron chi connectivity index (χ1n) is 7.23. The molecular weight excluding hydrogens is 270 g/mol. The van der Waals surface area contributed by atoms with Crippen LogP contribution >= 0.6 is 0 Å². The minimum absolute atomic E-state index is 0.273. The van der Waals surface area contributed by atoms with Gasteiger partial charge >= 0.3 is 5.97 Å². The van der Waals surface area contributed by atoms with Gasteiger partial charge in [0.05, 0.1) is 30.2 Å². The van der Waals surface area contributed by atoms with Crippen LogP contribution in [0.5, 0.6) is 0 Å². The summed E-state index contributed by atoms with van der Waals surface area (Å²) in [7, 11) is 0. The van der Waals surface area contributed by atoms with Crippen molar-refractivity contribution in [3.63, 3.8) is 0 Å². The second-order valence-corrected chi connectivity index (χ2v) is 4.70. The van der Waals surface area contributed by atoms with Crippen LogP contribution in [0.15, 0.2) is 6.07 Å². The molecule has 0 amide bonds. The van der Waals surface area contributed by atoms with Crippen molar-refractivity contribution in [3.8, 4) is 0 Å². The normalized spacial score (nSPS) is 10.9. The molecule has 0 aromatic carbocycles. The van der Waals surface area contributed by atoms with Gasteiger partial charge in [0.25, 0.3) is 0 Å². The first kappa shape index (κ1) is 15.2. The number of nitrogens with zero attached hydrogens (tertiary/aromatic N) is 5. The van der Waals surface area contributed by atoms with E-state index in [-0.39, 0.29) is 5.69 Å². The molecule has 114 valence electrons. The Morgan fingerprint density at radius 3 is 2.67 bits per heavy atom. The molecule has 0 radical (unpaired) electrons. The lowest BCUT2D eigenvalue weighted by Crippen LogP contribution is -2.11. The summed E-state index contributed by atoms with van der Waals surface area (Å²) < 4.78 is 8.62.